The minimum atomic E-state index is -0.177. The summed E-state index contributed by atoms with van der Waals surface area (Å²) in [6.45, 7) is 4.75. The Morgan fingerprint density at radius 3 is 2.62 bits per heavy atom. The minimum Gasteiger partial charge on any atom is -0.455 e. The standard InChI is InChI=1S/C27H34N4O2S/c1-19(2)17-28-26(32)24-15-14-22(33-24)18-34-27-29-23(20-10-6-4-7-11-20)16-25(30-27)31(3)21-12-8-5-9-13-21/h4,6-7,10-11,14-16,19,21H,5,8-9,12-13,17-18H2,1-3H3,(H,28,32). The van der Waals surface area contributed by atoms with Crippen molar-refractivity contribution in [2.24, 2.45) is 5.92 Å². The van der Waals surface area contributed by atoms with E-state index >= 15 is 0 Å². The topological polar surface area (TPSA) is 71.3 Å². The van der Waals surface area contributed by atoms with E-state index in [0.29, 0.717) is 35.2 Å². The fourth-order valence-corrected chi connectivity index (χ4v) is 4.91. The van der Waals surface area contributed by atoms with E-state index in [1.807, 2.05) is 24.3 Å². The van der Waals surface area contributed by atoms with Crippen molar-refractivity contribution in [1.29, 1.82) is 0 Å². The smallest absolute Gasteiger partial charge is 0.287 e. The van der Waals surface area contributed by atoms with Crippen LogP contribution in [0, 0.1) is 5.92 Å². The normalized spacial score (nSPS) is 14.4. The van der Waals surface area contributed by atoms with Crippen molar-refractivity contribution < 1.29 is 9.21 Å². The Balaban J connectivity index is 1.51. The van der Waals surface area contributed by atoms with Crippen LogP contribution >= 0.6 is 11.8 Å². The fourth-order valence-electron chi connectivity index (χ4n) is 4.17. The van der Waals surface area contributed by atoms with E-state index in [4.69, 9.17) is 14.4 Å². The van der Waals surface area contributed by atoms with Gasteiger partial charge in [-0.15, -0.1) is 0 Å². The number of nitrogens with one attached hydrogen (secondary N) is 1. The van der Waals surface area contributed by atoms with E-state index < -0.39 is 0 Å². The Labute approximate surface area is 206 Å². The summed E-state index contributed by atoms with van der Waals surface area (Å²) in [5.41, 5.74) is 2.00. The third kappa shape index (κ3) is 6.41. The van der Waals surface area contributed by atoms with Crippen molar-refractivity contribution in [2.45, 2.75) is 62.9 Å². The minimum absolute atomic E-state index is 0.177. The fraction of sp³-hybridized carbons (Fsp3) is 0.444. The summed E-state index contributed by atoms with van der Waals surface area (Å²) in [7, 11) is 2.15. The average Bonchev–Trinajstić information content (AvgIpc) is 3.36. The van der Waals surface area contributed by atoms with Gasteiger partial charge in [-0.2, -0.15) is 0 Å². The predicted octanol–water partition coefficient (Wildman–Crippen LogP) is 6.18. The zero-order valence-corrected chi connectivity index (χ0v) is 21.1. The summed E-state index contributed by atoms with van der Waals surface area (Å²) in [5, 5.41) is 3.60. The zero-order valence-electron chi connectivity index (χ0n) is 20.3. The second-order valence-electron chi connectivity index (χ2n) is 9.32. The Morgan fingerprint density at radius 2 is 1.88 bits per heavy atom. The first-order valence-corrected chi connectivity index (χ1v) is 13.1. The SMILES string of the molecule is CC(C)CNC(=O)c1ccc(CSc2nc(-c3ccccc3)cc(N(C)C3CCCCC3)n2)o1. The van der Waals surface area contributed by atoms with Crippen molar-refractivity contribution in [3.8, 4) is 11.3 Å². The van der Waals surface area contributed by atoms with Crippen LogP contribution < -0.4 is 10.2 Å². The van der Waals surface area contributed by atoms with Crippen molar-refractivity contribution in [1.82, 2.24) is 15.3 Å². The number of thioether (sulfide) groups is 1. The number of nitrogens with zero attached hydrogens (tertiary/aromatic N) is 3. The van der Waals surface area contributed by atoms with Gasteiger partial charge in [-0.25, -0.2) is 9.97 Å². The van der Waals surface area contributed by atoms with E-state index in [-0.39, 0.29) is 5.91 Å². The largest absolute Gasteiger partial charge is 0.455 e. The van der Waals surface area contributed by atoms with Gasteiger partial charge in [0.15, 0.2) is 10.9 Å². The Morgan fingerprint density at radius 1 is 1.12 bits per heavy atom. The number of carbonyl (C=O) groups excluding carboxylic acids is 1. The molecule has 0 saturated heterocycles. The van der Waals surface area contributed by atoms with E-state index in [1.54, 1.807) is 6.07 Å². The molecule has 0 aliphatic heterocycles. The van der Waals surface area contributed by atoms with E-state index in [9.17, 15) is 4.79 Å². The molecular formula is C27H34N4O2S. The number of hydrogen-bond acceptors (Lipinski definition) is 6. The number of carbonyl (C=O) groups is 1. The van der Waals surface area contributed by atoms with Gasteiger partial charge in [0.1, 0.15) is 11.6 Å². The molecule has 1 aromatic carbocycles. The highest BCUT2D eigenvalue weighted by atomic mass is 32.2. The van der Waals surface area contributed by atoms with Crippen molar-refractivity contribution >= 4 is 23.5 Å². The molecule has 7 heteroatoms. The van der Waals surface area contributed by atoms with Crippen LogP contribution in [0.4, 0.5) is 5.82 Å². The van der Waals surface area contributed by atoms with Crippen LogP contribution in [0.1, 0.15) is 62.3 Å². The lowest BCUT2D eigenvalue weighted by Crippen LogP contribution is -2.34. The molecule has 3 aromatic rings. The van der Waals surface area contributed by atoms with Crippen LogP contribution in [0.5, 0.6) is 0 Å². The van der Waals surface area contributed by atoms with Gasteiger partial charge in [0, 0.05) is 31.3 Å². The first-order chi connectivity index (χ1) is 16.5. The molecule has 0 spiro atoms. The Kier molecular flexibility index (Phi) is 8.27. The van der Waals surface area contributed by atoms with Crippen molar-refractivity contribution in [3.05, 3.63) is 60.1 Å². The third-order valence-electron chi connectivity index (χ3n) is 6.15. The molecule has 1 aliphatic carbocycles. The molecular weight excluding hydrogens is 444 g/mol. The lowest BCUT2D eigenvalue weighted by Gasteiger charge is -2.32. The molecule has 6 nitrogen and oxygen atoms in total. The summed E-state index contributed by atoms with van der Waals surface area (Å²) in [6, 6.07) is 16.4. The molecule has 2 aromatic heterocycles. The van der Waals surface area contributed by atoms with E-state index in [1.165, 1.54) is 43.9 Å². The van der Waals surface area contributed by atoms with Crippen LogP contribution in [-0.4, -0.2) is 35.5 Å². The molecule has 1 saturated carbocycles. The first kappa shape index (κ1) is 24.3. The highest BCUT2D eigenvalue weighted by Crippen LogP contribution is 2.30. The molecule has 0 unspecified atom stereocenters. The predicted molar refractivity (Wildman–Crippen MR) is 138 cm³/mol. The van der Waals surface area contributed by atoms with Gasteiger partial charge in [-0.3, -0.25) is 4.79 Å². The average molecular weight is 479 g/mol. The van der Waals surface area contributed by atoms with E-state index in [2.05, 4.69) is 49.3 Å². The highest BCUT2D eigenvalue weighted by Gasteiger charge is 2.21. The van der Waals surface area contributed by atoms with E-state index in [0.717, 1.165) is 22.8 Å². The molecule has 0 atom stereocenters. The van der Waals surface area contributed by atoms with Crippen LogP contribution in [-0.2, 0) is 5.75 Å². The number of aromatic nitrogens is 2. The van der Waals surface area contributed by atoms with Gasteiger partial charge in [-0.05, 0) is 30.9 Å². The number of furan rings is 1. The second-order valence-corrected chi connectivity index (χ2v) is 10.3. The number of hydrogen-bond donors (Lipinski definition) is 1. The maximum Gasteiger partial charge on any atom is 0.287 e. The van der Waals surface area contributed by atoms with Gasteiger partial charge in [0.2, 0.25) is 0 Å². The molecule has 4 rings (SSSR count). The van der Waals surface area contributed by atoms with Gasteiger partial charge in [0.25, 0.3) is 5.91 Å². The Bertz CT molecular complexity index is 1080. The van der Waals surface area contributed by atoms with Crippen molar-refractivity contribution in [2.75, 3.05) is 18.5 Å². The maximum atomic E-state index is 12.3. The molecule has 0 radical (unpaired) electrons. The Hall–Kier alpha value is -2.80. The van der Waals surface area contributed by atoms with Gasteiger partial charge in [0.05, 0.1) is 11.4 Å². The monoisotopic (exact) mass is 478 g/mol. The zero-order chi connectivity index (χ0) is 23.9. The van der Waals surface area contributed by atoms with Crippen LogP contribution in [0.15, 0.2) is 58.1 Å². The number of rotatable bonds is 9. The lowest BCUT2D eigenvalue weighted by molar-refractivity contribution is 0.0920. The quantitative estimate of drug-likeness (QED) is 0.292. The number of anilines is 1. The molecule has 0 bridgehead atoms. The first-order valence-electron chi connectivity index (χ1n) is 12.2. The molecule has 1 N–H and O–H groups in total. The molecule has 1 fully saturated rings. The van der Waals surface area contributed by atoms with Crippen LogP contribution in [0.2, 0.25) is 0 Å². The van der Waals surface area contributed by atoms with Crippen LogP contribution in [0.25, 0.3) is 11.3 Å². The van der Waals surface area contributed by atoms with Crippen LogP contribution in [0.3, 0.4) is 0 Å². The van der Waals surface area contributed by atoms with Gasteiger partial charge >= 0.3 is 0 Å². The molecule has 34 heavy (non-hydrogen) atoms. The van der Waals surface area contributed by atoms with Crippen molar-refractivity contribution in [3.63, 3.8) is 0 Å². The summed E-state index contributed by atoms with van der Waals surface area (Å²) < 4.78 is 5.79. The number of benzene rings is 1. The lowest BCUT2D eigenvalue weighted by atomic mass is 9.94. The molecule has 1 aliphatic rings. The van der Waals surface area contributed by atoms with Gasteiger partial charge < -0.3 is 14.6 Å². The maximum absolute atomic E-state index is 12.3. The third-order valence-corrected chi connectivity index (χ3v) is 7.01. The second kappa shape index (κ2) is 11.6. The summed E-state index contributed by atoms with van der Waals surface area (Å²) in [5.74, 6) is 2.80. The molecule has 180 valence electrons. The highest BCUT2D eigenvalue weighted by molar-refractivity contribution is 7.98. The molecule has 1 amide bonds. The summed E-state index contributed by atoms with van der Waals surface area (Å²) >= 11 is 1.53. The summed E-state index contributed by atoms with van der Waals surface area (Å²) in [6.07, 6.45) is 6.29. The number of amides is 1. The van der Waals surface area contributed by atoms with Gasteiger partial charge in [-0.1, -0.05) is 75.2 Å². The molecule has 2 heterocycles. The summed E-state index contributed by atoms with van der Waals surface area (Å²) in [4.78, 5) is 24.3.